The summed E-state index contributed by atoms with van der Waals surface area (Å²) >= 11 is 0. The fourth-order valence-corrected chi connectivity index (χ4v) is 1.18. The summed E-state index contributed by atoms with van der Waals surface area (Å²) in [6.07, 6.45) is 2.43. The van der Waals surface area contributed by atoms with E-state index in [2.05, 4.69) is 20.7 Å². The maximum Gasteiger partial charge on any atom is 0.245 e. The number of carbonyl (C=O) groups excluding carboxylic acids is 1. The van der Waals surface area contributed by atoms with E-state index in [0.717, 1.165) is 26.1 Å². The van der Waals surface area contributed by atoms with Crippen molar-refractivity contribution in [2.45, 2.75) is 13.3 Å². The van der Waals surface area contributed by atoms with Gasteiger partial charge in [-0.15, -0.1) is 0 Å². The van der Waals surface area contributed by atoms with Crippen LogP contribution in [-0.4, -0.2) is 44.5 Å². The van der Waals surface area contributed by atoms with E-state index in [0.29, 0.717) is 0 Å². The fraction of sp³-hybridized carbons (Fsp3) is 0.700. The summed E-state index contributed by atoms with van der Waals surface area (Å²) in [5.41, 5.74) is 0. The minimum atomic E-state index is 0. The maximum absolute atomic E-state index is 11.2. The highest BCUT2D eigenvalue weighted by atomic mass is 35.5. The summed E-state index contributed by atoms with van der Waals surface area (Å²) in [4.78, 5) is 14.5. The van der Waals surface area contributed by atoms with Crippen molar-refractivity contribution in [2.75, 3.05) is 33.7 Å². The van der Waals surface area contributed by atoms with Gasteiger partial charge in [-0.2, -0.15) is 0 Å². The van der Waals surface area contributed by atoms with E-state index in [4.69, 9.17) is 0 Å². The van der Waals surface area contributed by atoms with Crippen molar-refractivity contribution in [2.24, 2.45) is 0 Å². The van der Waals surface area contributed by atoms with Gasteiger partial charge >= 0.3 is 0 Å². The Labute approximate surface area is 93.2 Å². The number of quaternary nitrogens is 1. The Kier molecular flexibility index (Phi) is 10.3. The zero-order valence-electron chi connectivity index (χ0n) is 9.35. The van der Waals surface area contributed by atoms with Crippen molar-refractivity contribution >= 4 is 5.91 Å². The van der Waals surface area contributed by atoms with Crippen LogP contribution in [0.3, 0.4) is 0 Å². The molecule has 1 N–H and O–H groups in total. The Morgan fingerprint density at radius 2 is 2.07 bits per heavy atom. The number of nitrogens with one attached hydrogen (secondary N) is 1. The third kappa shape index (κ3) is 6.92. The average molecular weight is 221 g/mol. The normalized spacial score (nSPS) is 9.43. The first-order valence-electron chi connectivity index (χ1n) is 4.82. The second-order valence-electron chi connectivity index (χ2n) is 3.43. The largest absolute Gasteiger partial charge is 1.00 e. The first-order chi connectivity index (χ1) is 6.11. The molecule has 0 aromatic heterocycles. The molecule has 0 saturated heterocycles. The zero-order chi connectivity index (χ0) is 10.3. The molecule has 0 fully saturated rings. The molecule has 4 heteroatoms. The molecule has 0 bridgehead atoms. The molecule has 0 heterocycles. The zero-order valence-corrected chi connectivity index (χ0v) is 10.1. The Hall–Kier alpha value is -0.540. The lowest BCUT2D eigenvalue weighted by Crippen LogP contribution is -3.05. The van der Waals surface area contributed by atoms with E-state index in [1.54, 1.807) is 0 Å². The van der Waals surface area contributed by atoms with Crippen LogP contribution in [0.5, 0.6) is 0 Å². The molecule has 3 nitrogen and oxygen atoms in total. The summed E-state index contributed by atoms with van der Waals surface area (Å²) in [7, 11) is 4.23. The van der Waals surface area contributed by atoms with Crippen LogP contribution in [0.2, 0.25) is 0 Å². The Morgan fingerprint density at radius 3 is 2.43 bits per heavy atom. The van der Waals surface area contributed by atoms with Crippen LogP contribution in [0.15, 0.2) is 12.7 Å². The second-order valence-corrected chi connectivity index (χ2v) is 3.43. The van der Waals surface area contributed by atoms with Gasteiger partial charge in [0, 0.05) is 19.5 Å². The molecule has 0 aliphatic carbocycles. The van der Waals surface area contributed by atoms with E-state index in [-0.39, 0.29) is 18.3 Å². The van der Waals surface area contributed by atoms with Crippen LogP contribution >= 0.6 is 0 Å². The summed E-state index contributed by atoms with van der Waals surface area (Å²) < 4.78 is 0. The number of likely N-dealkylation sites (N-methyl/N-ethyl adjacent to an activating group) is 1. The van der Waals surface area contributed by atoms with Gasteiger partial charge in [0.1, 0.15) is 0 Å². The molecule has 0 rings (SSSR count). The van der Waals surface area contributed by atoms with Crippen molar-refractivity contribution in [3.8, 4) is 0 Å². The molecule has 1 amide bonds. The van der Waals surface area contributed by atoms with Gasteiger partial charge in [-0.05, 0) is 13.0 Å². The SMILES string of the molecule is C=CC(=O)N(CC)CCC[NH+](C)C.[Cl-]. The minimum Gasteiger partial charge on any atom is -1.00 e. The summed E-state index contributed by atoms with van der Waals surface area (Å²) in [6, 6.07) is 0. The molecular formula is C10H21ClN2O. The van der Waals surface area contributed by atoms with Gasteiger partial charge in [0.2, 0.25) is 5.91 Å². The molecule has 0 saturated carbocycles. The van der Waals surface area contributed by atoms with Crippen molar-refractivity contribution in [1.29, 1.82) is 0 Å². The summed E-state index contributed by atoms with van der Waals surface area (Å²) in [5.74, 6) is 0.0382. The first kappa shape index (κ1) is 15.9. The number of rotatable bonds is 6. The van der Waals surface area contributed by atoms with Crippen molar-refractivity contribution < 1.29 is 22.1 Å². The van der Waals surface area contributed by atoms with E-state index in [1.165, 1.54) is 11.0 Å². The van der Waals surface area contributed by atoms with Crippen LogP contribution in [0.25, 0.3) is 0 Å². The lowest BCUT2D eigenvalue weighted by Gasteiger charge is -2.19. The molecule has 0 unspecified atom stereocenters. The van der Waals surface area contributed by atoms with Gasteiger partial charge in [0.15, 0.2) is 0 Å². The van der Waals surface area contributed by atoms with Crippen molar-refractivity contribution in [3.05, 3.63) is 12.7 Å². The second kappa shape index (κ2) is 9.03. The highest BCUT2D eigenvalue weighted by Gasteiger charge is 2.07. The number of carbonyl (C=O) groups is 1. The van der Waals surface area contributed by atoms with Crippen LogP contribution < -0.4 is 17.3 Å². The quantitative estimate of drug-likeness (QED) is 0.463. The van der Waals surface area contributed by atoms with Gasteiger partial charge in [-0.1, -0.05) is 6.58 Å². The Morgan fingerprint density at radius 1 is 1.50 bits per heavy atom. The van der Waals surface area contributed by atoms with Crippen LogP contribution in [-0.2, 0) is 4.79 Å². The predicted molar refractivity (Wildman–Crippen MR) is 54.7 cm³/mol. The topological polar surface area (TPSA) is 24.8 Å². The number of halogens is 1. The van der Waals surface area contributed by atoms with Crippen LogP contribution in [0.1, 0.15) is 13.3 Å². The molecule has 0 aliphatic rings. The molecule has 0 aromatic carbocycles. The molecule has 0 spiro atoms. The van der Waals surface area contributed by atoms with Gasteiger partial charge < -0.3 is 22.2 Å². The molecule has 84 valence electrons. The van der Waals surface area contributed by atoms with Crippen LogP contribution in [0, 0.1) is 0 Å². The number of amides is 1. The molecule has 0 radical (unpaired) electrons. The highest BCUT2D eigenvalue weighted by Crippen LogP contribution is 1.91. The van der Waals surface area contributed by atoms with E-state index in [1.807, 2.05) is 11.8 Å². The third-order valence-electron chi connectivity index (χ3n) is 1.97. The number of hydrogen-bond acceptors (Lipinski definition) is 1. The lowest BCUT2D eigenvalue weighted by atomic mass is 10.3. The monoisotopic (exact) mass is 220 g/mol. The molecule has 0 aliphatic heterocycles. The molecule has 14 heavy (non-hydrogen) atoms. The smallest absolute Gasteiger partial charge is 0.245 e. The van der Waals surface area contributed by atoms with Gasteiger partial charge in [-0.3, -0.25) is 4.79 Å². The van der Waals surface area contributed by atoms with E-state index in [9.17, 15) is 4.79 Å². The standard InChI is InChI=1S/C10H20N2O.ClH/c1-5-10(13)12(6-2)9-7-8-11(3)4;/h5H,1,6-9H2,2-4H3;1H. The molecular weight excluding hydrogens is 200 g/mol. The third-order valence-corrected chi connectivity index (χ3v) is 1.97. The molecule has 0 aromatic rings. The summed E-state index contributed by atoms with van der Waals surface area (Å²) in [5, 5.41) is 0. The first-order valence-corrected chi connectivity index (χ1v) is 4.82. The number of nitrogens with zero attached hydrogens (tertiary/aromatic N) is 1. The lowest BCUT2D eigenvalue weighted by molar-refractivity contribution is -0.858. The Balaban J connectivity index is 0. The van der Waals surface area contributed by atoms with Gasteiger partial charge in [-0.25, -0.2) is 0 Å². The van der Waals surface area contributed by atoms with Crippen LogP contribution in [0.4, 0.5) is 0 Å². The number of hydrogen-bond donors (Lipinski definition) is 1. The maximum atomic E-state index is 11.2. The van der Waals surface area contributed by atoms with Gasteiger partial charge in [0.25, 0.3) is 0 Å². The van der Waals surface area contributed by atoms with Crippen molar-refractivity contribution in [1.82, 2.24) is 4.90 Å². The van der Waals surface area contributed by atoms with E-state index < -0.39 is 0 Å². The fourth-order valence-electron chi connectivity index (χ4n) is 1.18. The summed E-state index contributed by atoms with van der Waals surface area (Å²) in [6.45, 7) is 8.18. The average Bonchev–Trinajstić information content (AvgIpc) is 2.11. The highest BCUT2D eigenvalue weighted by molar-refractivity contribution is 5.86. The minimum absolute atomic E-state index is 0. The van der Waals surface area contributed by atoms with Crippen molar-refractivity contribution in [3.63, 3.8) is 0 Å². The van der Waals surface area contributed by atoms with Gasteiger partial charge in [0.05, 0.1) is 20.6 Å². The van der Waals surface area contributed by atoms with E-state index >= 15 is 0 Å². The predicted octanol–water partition coefficient (Wildman–Crippen LogP) is -3.44. The molecule has 0 atom stereocenters. The Bertz CT molecular complexity index is 172.